The lowest BCUT2D eigenvalue weighted by atomic mass is 9.77. The molecule has 0 unspecified atom stereocenters. The van der Waals surface area contributed by atoms with Crippen LogP contribution < -0.4 is 16.4 Å². The van der Waals surface area contributed by atoms with E-state index in [2.05, 4.69) is 45.9 Å². The van der Waals surface area contributed by atoms with Gasteiger partial charge in [0.15, 0.2) is 0 Å². The van der Waals surface area contributed by atoms with Crippen LogP contribution in [0.3, 0.4) is 0 Å². The molecule has 4 rings (SSSR count). The molecular weight excluding hydrogens is 436 g/mol. The molecule has 2 aromatic rings. The summed E-state index contributed by atoms with van der Waals surface area (Å²) in [5, 5.41) is 7.82. The highest BCUT2D eigenvalue weighted by molar-refractivity contribution is 6.33. The van der Waals surface area contributed by atoms with E-state index in [0.717, 1.165) is 93.9 Å². The number of aromatic nitrogens is 1. The number of hydrogen-bond donors (Lipinski definition) is 3. The first-order valence-corrected chi connectivity index (χ1v) is 12.5. The Morgan fingerprint density at radius 3 is 2.73 bits per heavy atom. The topological polar surface area (TPSA) is 81.4 Å². The first-order valence-electron chi connectivity index (χ1n) is 12.2. The number of hydrogen-bond acceptors (Lipinski definition) is 6. The van der Waals surface area contributed by atoms with E-state index in [-0.39, 0.29) is 0 Å². The normalized spacial score (nSPS) is 24.0. The van der Waals surface area contributed by atoms with Crippen LogP contribution in [0.5, 0.6) is 0 Å². The number of nitrogens with one attached hydrogen (secondary N) is 2. The summed E-state index contributed by atoms with van der Waals surface area (Å²) in [5.74, 6) is 0.662. The molecule has 0 radical (unpaired) electrons. The molecule has 1 aliphatic heterocycles. The van der Waals surface area contributed by atoms with Crippen molar-refractivity contribution in [3.63, 3.8) is 0 Å². The van der Waals surface area contributed by atoms with Crippen molar-refractivity contribution in [2.45, 2.75) is 50.1 Å². The molecule has 0 amide bonds. The molecule has 33 heavy (non-hydrogen) atoms. The van der Waals surface area contributed by atoms with Gasteiger partial charge < -0.3 is 25.8 Å². The number of anilines is 1. The number of nitrogens with two attached hydrogens (primary N) is 1. The molecule has 2 heterocycles. The Morgan fingerprint density at radius 2 is 1.97 bits per heavy atom. The number of pyridine rings is 1. The predicted molar refractivity (Wildman–Crippen MR) is 135 cm³/mol. The van der Waals surface area contributed by atoms with E-state index in [1.54, 1.807) is 13.3 Å². The summed E-state index contributed by atoms with van der Waals surface area (Å²) in [6.45, 7) is 4.31. The van der Waals surface area contributed by atoms with E-state index in [1.807, 2.05) is 0 Å². The summed E-state index contributed by atoms with van der Waals surface area (Å²) in [5.41, 5.74) is 10.6. The highest BCUT2D eigenvalue weighted by atomic mass is 35.5. The van der Waals surface area contributed by atoms with Crippen LogP contribution in [0.2, 0.25) is 5.02 Å². The molecule has 1 aromatic heterocycles. The average Bonchev–Trinajstić information content (AvgIpc) is 2.85. The van der Waals surface area contributed by atoms with Gasteiger partial charge in [0.05, 0.1) is 22.9 Å². The van der Waals surface area contributed by atoms with Gasteiger partial charge in [-0.15, -0.1) is 0 Å². The smallest absolute Gasteiger partial charge is 0.0667 e. The molecule has 0 spiro atoms. The molecule has 1 saturated heterocycles. The standard InChI is InChI=1S/C26H37ClN4O2/c1-32-14-11-29-21-5-9-26(28,10-6-21)25-16-23(24(27)18-31-25)20-3-2-4-22(15-20)30-17-19-7-12-33-13-8-19/h2-4,15-16,18-19,21,29-30H,5-14,17,28H2,1H3. The molecule has 2 fully saturated rings. The van der Waals surface area contributed by atoms with Gasteiger partial charge in [-0.2, -0.15) is 0 Å². The maximum atomic E-state index is 6.87. The number of methoxy groups -OCH3 is 1. The summed E-state index contributed by atoms with van der Waals surface area (Å²) in [6, 6.07) is 11.0. The van der Waals surface area contributed by atoms with E-state index in [1.165, 1.54) is 0 Å². The SMILES string of the molecule is COCCNC1CCC(N)(c2cc(-c3cccc(NCC4CCOCC4)c3)c(Cl)cn2)CC1. The predicted octanol–water partition coefficient (Wildman–Crippen LogP) is 4.57. The minimum absolute atomic E-state index is 0.419. The summed E-state index contributed by atoms with van der Waals surface area (Å²) in [7, 11) is 1.73. The van der Waals surface area contributed by atoms with Crippen LogP contribution in [0.4, 0.5) is 5.69 Å². The van der Waals surface area contributed by atoms with Gasteiger partial charge in [0.2, 0.25) is 0 Å². The maximum Gasteiger partial charge on any atom is 0.0667 e. The molecule has 2 aliphatic rings. The third-order valence-electron chi connectivity index (χ3n) is 7.09. The summed E-state index contributed by atoms with van der Waals surface area (Å²) < 4.78 is 10.6. The Morgan fingerprint density at radius 1 is 1.18 bits per heavy atom. The van der Waals surface area contributed by atoms with E-state index in [0.29, 0.717) is 17.0 Å². The van der Waals surface area contributed by atoms with E-state index < -0.39 is 5.54 Å². The quantitative estimate of drug-likeness (QED) is 0.464. The van der Waals surface area contributed by atoms with Crippen molar-refractivity contribution < 1.29 is 9.47 Å². The van der Waals surface area contributed by atoms with Crippen molar-refractivity contribution in [2.24, 2.45) is 11.7 Å². The van der Waals surface area contributed by atoms with Crippen LogP contribution >= 0.6 is 11.6 Å². The lowest BCUT2D eigenvalue weighted by Crippen LogP contribution is -2.46. The summed E-state index contributed by atoms with van der Waals surface area (Å²) >= 11 is 6.60. The van der Waals surface area contributed by atoms with Gasteiger partial charge in [-0.3, -0.25) is 4.98 Å². The second-order valence-corrected chi connectivity index (χ2v) is 9.85. The lowest BCUT2D eigenvalue weighted by Gasteiger charge is -2.37. The van der Waals surface area contributed by atoms with Gasteiger partial charge in [-0.25, -0.2) is 0 Å². The van der Waals surface area contributed by atoms with E-state index in [4.69, 9.17) is 26.8 Å². The Balaban J connectivity index is 1.44. The highest BCUT2D eigenvalue weighted by Crippen LogP contribution is 2.37. The molecular formula is C26H37ClN4O2. The van der Waals surface area contributed by atoms with Crippen LogP contribution in [0.1, 0.15) is 44.2 Å². The number of ether oxygens (including phenoxy) is 2. The van der Waals surface area contributed by atoms with Gasteiger partial charge in [-0.1, -0.05) is 23.7 Å². The second-order valence-electron chi connectivity index (χ2n) is 9.44. The van der Waals surface area contributed by atoms with Gasteiger partial charge in [-0.05, 0) is 68.2 Å². The van der Waals surface area contributed by atoms with E-state index in [9.17, 15) is 0 Å². The van der Waals surface area contributed by atoms with Crippen molar-refractivity contribution in [2.75, 3.05) is 45.3 Å². The summed E-state index contributed by atoms with van der Waals surface area (Å²) in [6.07, 6.45) is 7.86. The van der Waals surface area contributed by atoms with Crippen molar-refractivity contribution in [1.29, 1.82) is 0 Å². The third-order valence-corrected chi connectivity index (χ3v) is 7.39. The molecule has 1 saturated carbocycles. The number of nitrogens with zero attached hydrogens (tertiary/aromatic N) is 1. The first kappa shape index (κ1) is 24.4. The molecule has 0 bridgehead atoms. The Bertz CT molecular complexity index is 896. The molecule has 4 N–H and O–H groups in total. The van der Waals surface area contributed by atoms with Gasteiger partial charge in [0.1, 0.15) is 0 Å². The number of rotatable bonds is 9. The highest BCUT2D eigenvalue weighted by Gasteiger charge is 2.34. The zero-order valence-corrected chi connectivity index (χ0v) is 20.4. The molecule has 1 aromatic carbocycles. The van der Waals surface area contributed by atoms with Crippen LogP contribution in [0, 0.1) is 5.92 Å². The zero-order chi connectivity index (χ0) is 23.1. The largest absolute Gasteiger partial charge is 0.385 e. The second kappa shape index (κ2) is 11.6. The Labute approximate surface area is 202 Å². The van der Waals surface area contributed by atoms with Crippen molar-refractivity contribution in [1.82, 2.24) is 10.3 Å². The fourth-order valence-corrected chi connectivity index (χ4v) is 5.11. The lowest BCUT2D eigenvalue weighted by molar-refractivity contribution is 0.0699. The van der Waals surface area contributed by atoms with Crippen LogP contribution in [0.25, 0.3) is 11.1 Å². The fraction of sp³-hybridized carbons (Fsp3) is 0.577. The molecule has 6 nitrogen and oxygen atoms in total. The van der Waals surface area contributed by atoms with Gasteiger partial charge in [0.25, 0.3) is 0 Å². The Kier molecular flexibility index (Phi) is 8.61. The van der Waals surface area contributed by atoms with Crippen LogP contribution in [0.15, 0.2) is 36.5 Å². The molecule has 1 aliphatic carbocycles. The zero-order valence-electron chi connectivity index (χ0n) is 19.6. The van der Waals surface area contributed by atoms with Crippen LogP contribution in [-0.4, -0.2) is 51.0 Å². The minimum atomic E-state index is -0.419. The van der Waals surface area contributed by atoms with Crippen molar-refractivity contribution >= 4 is 17.3 Å². The van der Waals surface area contributed by atoms with Crippen molar-refractivity contribution in [3.05, 3.63) is 47.2 Å². The van der Waals surface area contributed by atoms with Gasteiger partial charge >= 0.3 is 0 Å². The first-order chi connectivity index (χ1) is 16.1. The van der Waals surface area contributed by atoms with E-state index >= 15 is 0 Å². The molecule has 7 heteroatoms. The monoisotopic (exact) mass is 472 g/mol. The van der Waals surface area contributed by atoms with Crippen molar-refractivity contribution in [3.8, 4) is 11.1 Å². The number of benzene rings is 1. The third kappa shape index (κ3) is 6.46. The molecule has 0 atom stereocenters. The maximum absolute atomic E-state index is 6.87. The van der Waals surface area contributed by atoms with Gasteiger partial charge in [0, 0.05) is 56.9 Å². The number of halogens is 1. The average molecular weight is 473 g/mol. The molecule has 180 valence electrons. The minimum Gasteiger partial charge on any atom is -0.385 e. The fourth-order valence-electron chi connectivity index (χ4n) is 4.90. The van der Waals surface area contributed by atoms with Crippen LogP contribution in [-0.2, 0) is 15.0 Å². The summed E-state index contributed by atoms with van der Waals surface area (Å²) in [4.78, 5) is 4.66. The Hall–Kier alpha value is -1.70.